The molecule has 3 N–H and O–H groups in total. The van der Waals surface area contributed by atoms with E-state index < -0.39 is 5.97 Å². The van der Waals surface area contributed by atoms with E-state index in [4.69, 9.17) is 16.3 Å². The minimum atomic E-state index is -1.01. The van der Waals surface area contributed by atoms with Crippen molar-refractivity contribution in [1.82, 2.24) is 20.2 Å². The van der Waals surface area contributed by atoms with E-state index in [9.17, 15) is 9.90 Å². The summed E-state index contributed by atoms with van der Waals surface area (Å²) in [5.74, 6) is -0.623. The van der Waals surface area contributed by atoms with Crippen LogP contribution in [-0.4, -0.2) is 31.2 Å². The van der Waals surface area contributed by atoms with Crippen LogP contribution in [-0.2, 0) is 0 Å². The summed E-state index contributed by atoms with van der Waals surface area (Å²) in [6.45, 7) is 1.73. The Labute approximate surface area is 175 Å². The number of H-pyrrole nitrogens is 2. The van der Waals surface area contributed by atoms with Gasteiger partial charge in [-0.3, -0.25) is 5.10 Å². The zero-order chi connectivity index (χ0) is 20.8. The molecule has 0 atom stereocenters. The van der Waals surface area contributed by atoms with E-state index in [1.807, 2.05) is 24.3 Å². The third kappa shape index (κ3) is 3.15. The van der Waals surface area contributed by atoms with Gasteiger partial charge in [0.15, 0.2) is 0 Å². The first-order valence-corrected chi connectivity index (χ1v) is 9.50. The van der Waals surface area contributed by atoms with Crippen molar-refractivity contribution >= 4 is 39.5 Å². The molecule has 30 heavy (non-hydrogen) atoms. The molecule has 0 saturated carbocycles. The van der Waals surface area contributed by atoms with E-state index in [1.165, 1.54) is 6.07 Å². The van der Waals surface area contributed by atoms with Crippen molar-refractivity contribution in [2.75, 3.05) is 0 Å². The van der Waals surface area contributed by atoms with Crippen molar-refractivity contribution in [3.63, 3.8) is 0 Å². The number of benzene rings is 3. The van der Waals surface area contributed by atoms with Crippen molar-refractivity contribution in [2.45, 2.75) is 6.92 Å². The summed E-state index contributed by atoms with van der Waals surface area (Å²) >= 11 is 6.53. The lowest BCUT2D eigenvalue weighted by Gasteiger charge is -2.05. The quantitative estimate of drug-likeness (QED) is 0.354. The van der Waals surface area contributed by atoms with Crippen LogP contribution < -0.4 is 4.74 Å². The fourth-order valence-corrected chi connectivity index (χ4v) is 3.67. The summed E-state index contributed by atoms with van der Waals surface area (Å²) in [5, 5.41) is 17.8. The Bertz CT molecular complexity index is 1440. The second kappa shape index (κ2) is 6.89. The van der Waals surface area contributed by atoms with E-state index in [-0.39, 0.29) is 11.6 Å². The highest BCUT2D eigenvalue weighted by molar-refractivity contribution is 6.34. The second-order valence-corrected chi connectivity index (χ2v) is 7.35. The van der Waals surface area contributed by atoms with Crippen molar-refractivity contribution < 1.29 is 14.6 Å². The first-order valence-electron chi connectivity index (χ1n) is 9.12. The zero-order valence-corrected chi connectivity index (χ0v) is 16.5. The predicted molar refractivity (Wildman–Crippen MR) is 114 cm³/mol. The fourth-order valence-electron chi connectivity index (χ4n) is 3.39. The molecular formula is C22H15ClN4O3. The molecule has 5 rings (SSSR count). The van der Waals surface area contributed by atoms with Gasteiger partial charge in [0.1, 0.15) is 5.75 Å². The standard InChI is InChI=1S/C22H15ClN4O3/c1-11-2-4-14(7-15(11)21(28)29)30-22-25-19-8-16(17(23)9-20(19)26-22)12-3-5-18-13(6-12)10-24-27-18/h2-10H,1H3,(H,24,27)(H,25,26)(H,28,29). The van der Waals surface area contributed by atoms with E-state index >= 15 is 0 Å². The summed E-state index contributed by atoms with van der Waals surface area (Å²) in [4.78, 5) is 18.9. The summed E-state index contributed by atoms with van der Waals surface area (Å²) < 4.78 is 5.76. The molecule has 0 aliphatic heterocycles. The Morgan fingerprint density at radius 1 is 1.10 bits per heavy atom. The molecule has 0 fully saturated rings. The van der Waals surface area contributed by atoms with Crippen LogP contribution in [0, 0.1) is 6.92 Å². The topological polar surface area (TPSA) is 104 Å². The number of carbonyl (C=O) groups is 1. The maximum Gasteiger partial charge on any atom is 0.336 e. The molecule has 0 aliphatic carbocycles. The molecule has 8 heteroatoms. The summed E-state index contributed by atoms with van der Waals surface area (Å²) in [7, 11) is 0. The number of aromatic amines is 2. The Kier molecular flexibility index (Phi) is 4.18. The van der Waals surface area contributed by atoms with Crippen molar-refractivity contribution in [2.24, 2.45) is 0 Å². The second-order valence-electron chi connectivity index (χ2n) is 6.95. The Hall–Kier alpha value is -3.84. The van der Waals surface area contributed by atoms with Crippen molar-refractivity contribution in [1.29, 1.82) is 0 Å². The number of aryl methyl sites for hydroxylation is 1. The molecule has 0 bridgehead atoms. The van der Waals surface area contributed by atoms with E-state index in [2.05, 4.69) is 20.2 Å². The number of hydrogen-bond acceptors (Lipinski definition) is 4. The normalized spacial score (nSPS) is 11.3. The molecule has 0 radical (unpaired) electrons. The number of imidazole rings is 1. The Morgan fingerprint density at radius 3 is 2.80 bits per heavy atom. The molecule has 3 aromatic carbocycles. The monoisotopic (exact) mass is 418 g/mol. The van der Waals surface area contributed by atoms with Crippen molar-refractivity contribution in [3.8, 4) is 22.9 Å². The van der Waals surface area contributed by atoms with Crippen LogP contribution in [0.25, 0.3) is 33.1 Å². The number of rotatable bonds is 4. The van der Waals surface area contributed by atoms with Gasteiger partial charge >= 0.3 is 5.97 Å². The van der Waals surface area contributed by atoms with E-state index in [1.54, 1.807) is 31.3 Å². The third-order valence-corrected chi connectivity index (χ3v) is 5.27. The molecule has 0 saturated heterocycles. The van der Waals surface area contributed by atoms with Gasteiger partial charge in [0.05, 0.1) is 33.3 Å². The number of ether oxygens (including phenoxy) is 1. The molecule has 0 spiro atoms. The minimum Gasteiger partial charge on any atom is -0.478 e. The number of aromatic nitrogens is 4. The zero-order valence-electron chi connectivity index (χ0n) is 15.7. The first kappa shape index (κ1) is 18.2. The molecule has 2 heterocycles. The van der Waals surface area contributed by atoms with Crippen LogP contribution in [0.4, 0.5) is 0 Å². The molecular weight excluding hydrogens is 404 g/mol. The number of hydrogen-bond donors (Lipinski definition) is 3. The highest BCUT2D eigenvalue weighted by Gasteiger charge is 2.13. The summed E-state index contributed by atoms with van der Waals surface area (Å²) in [5.41, 5.74) is 4.98. The lowest BCUT2D eigenvalue weighted by atomic mass is 10.0. The van der Waals surface area contributed by atoms with Crippen LogP contribution in [0.2, 0.25) is 5.02 Å². The maximum absolute atomic E-state index is 11.3. The van der Waals surface area contributed by atoms with Gasteiger partial charge in [-0.15, -0.1) is 0 Å². The van der Waals surface area contributed by atoms with Crippen LogP contribution in [0.5, 0.6) is 11.8 Å². The third-order valence-electron chi connectivity index (χ3n) is 4.95. The minimum absolute atomic E-state index is 0.184. The van der Waals surface area contributed by atoms with Crippen LogP contribution in [0.1, 0.15) is 15.9 Å². The summed E-state index contributed by atoms with van der Waals surface area (Å²) in [6.07, 6.45) is 1.76. The van der Waals surface area contributed by atoms with Gasteiger partial charge in [-0.2, -0.15) is 10.1 Å². The molecule has 7 nitrogen and oxygen atoms in total. The smallest absolute Gasteiger partial charge is 0.336 e. The lowest BCUT2D eigenvalue weighted by molar-refractivity contribution is 0.0695. The van der Waals surface area contributed by atoms with Gasteiger partial charge in [-0.05, 0) is 54.4 Å². The van der Waals surface area contributed by atoms with Gasteiger partial charge < -0.3 is 14.8 Å². The first-order chi connectivity index (χ1) is 14.5. The number of halogens is 1. The number of nitrogens with one attached hydrogen (secondary N) is 2. The van der Waals surface area contributed by atoms with Crippen LogP contribution in [0.15, 0.2) is 54.7 Å². The number of fused-ring (bicyclic) bond motifs is 2. The van der Waals surface area contributed by atoms with Crippen LogP contribution in [0.3, 0.4) is 0 Å². The molecule has 2 aromatic heterocycles. The largest absolute Gasteiger partial charge is 0.478 e. The maximum atomic E-state index is 11.3. The van der Waals surface area contributed by atoms with Gasteiger partial charge in [0.2, 0.25) is 0 Å². The molecule has 5 aromatic rings. The highest BCUT2D eigenvalue weighted by atomic mass is 35.5. The predicted octanol–water partition coefficient (Wildman–Crippen LogP) is 5.56. The number of aromatic carboxylic acids is 1. The lowest BCUT2D eigenvalue weighted by Crippen LogP contribution is -2.00. The van der Waals surface area contributed by atoms with Crippen molar-refractivity contribution in [3.05, 3.63) is 70.9 Å². The molecule has 148 valence electrons. The van der Waals surface area contributed by atoms with Gasteiger partial charge in [0, 0.05) is 10.9 Å². The van der Waals surface area contributed by atoms with Gasteiger partial charge in [-0.25, -0.2) is 4.79 Å². The highest BCUT2D eigenvalue weighted by Crippen LogP contribution is 2.34. The van der Waals surface area contributed by atoms with E-state index in [0.717, 1.165) is 22.0 Å². The van der Waals surface area contributed by atoms with Crippen LogP contribution >= 0.6 is 11.6 Å². The number of carboxylic acid groups (broad SMARTS) is 1. The number of carboxylic acids is 1. The Morgan fingerprint density at radius 2 is 1.97 bits per heavy atom. The summed E-state index contributed by atoms with van der Waals surface area (Å²) in [6, 6.07) is 14.7. The molecule has 0 aliphatic rings. The van der Waals surface area contributed by atoms with Gasteiger partial charge in [0.25, 0.3) is 6.01 Å². The molecule has 0 amide bonds. The molecule has 0 unspecified atom stereocenters. The number of nitrogens with zero attached hydrogens (tertiary/aromatic N) is 2. The SMILES string of the molecule is Cc1ccc(Oc2nc3cc(-c4ccc5[nH]ncc5c4)c(Cl)cc3[nH]2)cc1C(=O)O. The fraction of sp³-hybridized carbons (Fsp3) is 0.0455. The van der Waals surface area contributed by atoms with Gasteiger partial charge in [-0.1, -0.05) is 23.7 Å². The average molecular weight is 419 g/mol. The average Bonchev–Trinajstić information content (AvgIpc) is 3.33. The Balaban J connectivity index is 1.52. The van der Waals surface area contributed by atoms with E-state index in [0.29, 0.717) is 27.4 Å².